The number of aromatic carboxylic acids is 1. The van der Waals surface area contributed by atoms with Gasteiger partial charge in [-0.05, 0) is 13.8 Å². The molecule has 1 rings (SSSR count). The van der Waals surface area contributed by atoms with Gasteiger partial charge in [-0.15, -0.1) is 11.8 Å². The number of hydrogen-bond donors (Lipinski definition) is 2. The smallest absolute Gasteiger partial charge is 0.340 e. The molecule has 0 amide bonds. The van der Waals surface area contributed by atoms with Crippen molar-refractivity contribution in [2.45, 2.75) is 38.3 Å². The summed E-state index contributed by atoms with van der Waals surface area (Å²) >= 11 is 1.25. The van der Waals surface area contributed by atoms with Crippen LogP contribution >= 0.6 is 11.8 Å². The number of aryl methyl sites for hydroxylation is 2. The molecule has 0 aliphatic heterocycles. The Hall–Kier alpha value is -1.14. The van der Waals surface area contributed by atoms with Crippen molar-refractivity contribution in [3.8, 4) is 0 Å². The van der Waals surface area contributed by atoms with Gasteiger partial charge >= 0.3 is 5.97 Å². The van der Waals surface area contributed by atoms with E-state index in [4.69, 9.17) is 5.11 Å². The molecule has 0 radical (unpaired) electrons. The van der Waals surface area contributed by atoms with Crippen LogP contribution in [-0.4, -0.2) is 38.0 Å². The second-order valence-corrected chi connectivity index (χ2v) is 4.73. The molecule has 1 unspecified atom stereocenters. The standard InChI is InChI=1S/C11H16N2O3S/c1-4-8-12-7(3)9(11(15)16)10(13-8)17-5-6(2)14/h6,14H,4-5H2,1-3H3,(H,15,16). The lowest BCUT2D eigenvalue weighted by Gasteiger charge is -2.10. The largest absolute Gasteiger partial charge is 0.478 e. The average molecular weight is 256 g/mol. The second-order valence-electron chi connectivity index (χ2n) is 3.72. The predicted octanol–water partition coefficient (Wildman–Crippen LogP) is 1.52. The first-order valence-electron chi connectivity index (χ1n) is 5.37. The Kier molecular flexibility index (Phi) is 4.89. The molecule has 0 aliphatic rings. The zero-order valence-electron chi connectivity index (χ0n) is 10.1. The topological polar surface area (TPSA) is 83.3 Å². The van der Waals surface area contributed by atoms with Crippen LogP contribution in [0.2, 0.25) is 0 Å². The van der Waals surface area contributed by atoms with Crippen LogP contribution in [0.15, 0.2) is 5.03 Å². The van der Waals surface area contributed by atoms with Crippen LogP contribution in [0.25, 0.3) is 0 Å². The molecule has 0 fully saturated rings. The van der Waals surface area contributed by atoms with Gasteiger partial charge in [-0.1, -0.05) is 6.92 Å². The first-order chi connectivity index (χ1) is 7.95. The van der Waals surface area contributed by atoms with E-state index in [1.54, 1.807) is 13.8 Å². The van der Waals surface area contributed by atoms with E-state index >= 15 is 0 Å². The van der Waals surface area contributed by atoms with Gasteiger partial charge < -0.3 is 10.2 Å². The highest BCUT2D eigenvalue weighted by Crippen LogP contribution is 2.23. The Morgan fingerprint density at radius 2 is 2.12 bits per heavy atom. The minimum atomic E-state index is -1.03. The van der Waals surface area contributed by atoms with Crippen LogP contribution in [0.5, 0.6) is 0 Å². The van der Waals surface area contributed by atoms with Gasteiger partial charge in [0.15, 0.2) is 0 Å². The number of aliphatic hydroxyl groups is 1. The average Bonchev–Trinajstić information content (AvgIpc) is 2.24. The highest BCUT2D eigenvalue weighted by molar-refractivity contribution is 7.99. The van der Waals surface area contributed by atoms with E-state index in [9.17, 15) is 9.90 Å². The summed E-state index contributed by atoms with van der Waals surface area (Å²) in [5, 5.41) is 18.8. The molecule has 6 heteroatoms. The molecule has 1 atom stereocenters. The van der Waals surface area contributed by atoms with E-state index in [1.165, 1.54) is 11.8 Å². The van der Waals surface area contributed by atoms with Gasteiger partial charge in [-0.25, -0.2) is 14.8 Å². The number of nitrogens with zero attached hydrogens (tertiary/aromatic N) is 2. The van der Waals surface area contributed by atoms with Gasteiger partial charge in [0.25, 0.3) is 0 Å². The van der Waals surface area contributed by atoms with Crippen LogP contribution in [0, 0.1) is 6.92 Å². The first-order valence-corrected chi connectivity index (χ1v) is 6.36. The molecule has 17 heavy (non-hydrogen) atoms. The highest BCUT2D eigenvalue weighted by Gasteiger charge is 2.18. The minimum absolute atomic E-state index is 0.132. The predicted molar refractivity (Wildman–Crippen MR) is 65.5 cm³/mol. The summed E-state index contributed by atoms with van der Waals surface area (Å²) in [4.78, 5) is 19.5. The summed E-state index contributed by atoms with van der Waals surface area (Å²) < 4.78 is 0. The summed E-state index contributed by atoms with van der Waals surface area (Å²) in [6.07, 6.45) is 0.158. The maximum atomic E-state index is 11.1. The van der Waals surface area contributed by atoms with Crippen LogP contribution in [0.3, 0.4) is 0 Å². The molecule has 0 aliphatic carbocycles. The summed E-state index contributed by atoms with van der Waals surface area (Å²) in [6.45, 7) is 5.23. The number of rotatable bonds is 5. The van der Waals surface area contributed by atoms with Crippen molar-refractivity contribution in [1.29, 1.82) is 0 Å². The SMILES string of the molecule is CCc1nc(C)c(C(=O)O)c(SCC(C)O)n1. The van der Waals surface area contributed by atoms with Gasteiger partial charge in [0.1, 0.15) is 16.4 Å². The van der Waals surface area contributed by atoms with Crippen molar-refractivity contribution in [2.24, 2.45) is 0 Å². The maximum Gasteiger partial charge on any atom is 0.340 e. The number of hydrogen-bond acceptors (Lipinski definition) is 5. The number of carboxylic acid groups (broad SMARTS) is 1. The monoisotopic (exact) mass is 256 g/mol. The van der Waals surface area contributed by atoms with E-state index in [2.05, 4.69) is 9.97 Å². The number of aliphatic hydroxyl groups excluding tert-OH is 1. The molecule has 2 N–H and O–H groups in total. The zero-order valence-corrected chi connectivity index (χ0v) is 10.9. The van der Waals surface area contributed by atoms with Crippen molar-refractivity contribution < 1.29 is 15.0 Å². The normalized spacial score (nSPS) is 12.5. The van der Waals surface area contributed by atoms with E-state index in [0.717, 1.165) is 0 Å². The maximum absolute atomic E-state index is 11.1. The molecule has 0 spiro atoms. The molecule has 1 aromatic rings. The molecule has 0 aromatic carbocycles. The minimum Gasteiger partial charge on any atom is -0.478 e. The Morgan fingerprint density at radius 1 is 1.47 bits per heavy atom. The third kappa shape index (κ3) is 3.67. The van der Waals surface area contributed by atoms with Crippen molar-refractivity contribution in [1.82, 2.24) is 9.97 Å². The van der Waals surface area contributed by atoms with E-state index in [0.29, 0.717) is 28.7 Å². The lowest BCUT2D eigenvalue weighted by atomic mass is 10.2. The quantitative estimate of drug-likeness (QED) is 0.614. The van der Waals surface area contributed by atoms with Gasteiger partial charge in [-0.3, -0.25) is 0 Å². The molecule has 94 valence electrons. The van der Waals surface area contributed by atoms with E-state index in [1.807, 2.05) is 6.92 Å². The van der Waals surface area contributed by atoms with Crippen LogP contribution in [0.4, 0.5) is 0 Å². The molecule has 1 aromatic heterocycles. The Bertz CT molecular complexity index is 421. The molecule has 0 saturated carbocycles. The number of carboxylic acids is 1. The van der Waals surface area contributed by atoms with Crippen LogP contribution in [0.1, 0.15) is 35.7 Å². The fraction of sp³-hybridized carbons (Fsp3) is 0.545. The fourth-order valence-corrected chi connectivity index (χ4v) is 2.26. The summed E-state index contributed by atoms with van der Waals surface area (Å²) in [7, 11) is 0. The van der Waals surface area contributed by atoms with Gasteiger partial charge in [0.05, 0.1) is 11.8 Å². The van der Waals surface area contributed by atoms with Crippen LogP contribution in [-0.2, 0) is 6.42 Å². The number of thioether (sulfide) groups is 1. The van der Waals surface area contributed by atoms with Crippen molar-refractivity contribution >= 4 is 17.7 Å². The van der Waals surface area contributed by atoms with Crippen molar-refractivity contribution in [3.63, 3.8) is 0 Å². The Labute approximate surface area is 104 Å². The Balaban J connectivity index is 3.13. The van der Waals surface area contributed by atoms with E-state index < -0.39 is 12.1 Å². The van der Waals surface area contributed by atoms with Crippen molar-refractivity contribution in [3.05, 3.63) is 17.1 Å². The Morgan fingerprint density at radius 3 is 2.59 bits per heavy atom. The molecule has 0 saturated heterocycles. The first kappa shape index (κ1) is 13.9. The third-order valence-electron chi connectivity index (χ3n) is 2.09. The molecule has 5 nitrogen and oxygen atoms in total. The van der Waals surface area contributed by atoms with Crippen LogP contribution < -0.4 is 0 Å². The summed E-state index contributed by atoms with van der Waals surface area (Å²) in [5.74, 6) is 0.0127. The van der Waals surface area contributed by atoms with Crippen molar-refractivity contribution in [2.75, 3.05) is 5.75 Å². The zero-order chi connectivity index (χ0) is 13.0. The number of carbonyl (C=O) groups is 1. The van der Waals surface area contributed by atoms with E-state index in [-0.39, 0.29) is 5.56 Å². The summed E-state index contributed by atoms with van der Waals surface area (Å²) in [6, 6.07) is 0. The lowest BCUT2D eigenvalue weighted by molar-refractivity contribution is 0.0690. The number of aromatic nitrogens is 2. The second kappa shape index (κ2) is 5.97. The van der Waals surface area contributed by atoms with Gasteiger partial charge in [0.2, 0.25) is 0 Å². The van der Waals surface area contributed by atoms with Gasteiger partial charge in [-0.2, -0.15) is 0 Å². The fourth-order valence-electron chi connectivity index (χ4n) is 1.31. The molecular weight excluding hydrogens is 240 g/mol. The molecule has 0 bridgehead atoms. The third-order valence-corrected chi connectivity index (χ3v) is 3.31. The molecular formula is C11H16N2O3S. The highest BCUT2D eigenvalue weighted by atomic mass is 32.2. The molecule has 1 heterocycles. The van der Waals surface area contributed by atoms with Gasteiger partial charge in [0, 0.05) is 12.2 Å². The summed E-state index contributed by atoms with van der Waals surface area (Å²) in [5.41, 5.74) is 0.602. The lowest BCUT2D eigenvalue weighted by Crippen LogP contribution is -2.11.